The Hall–Kier alpha value is -1.10. The fourth-order valence-electron chi connectivity index (χ4n) is 2.97. The predicted molar refractivity (Wildman–Crippen MR) is 83.8 cm³/mol. The van der Waals surface area contributed by atoms with Crippen molar-refractivity contribution in [1.29, 1.82) is 0 Å². The summed E-state index contributed by atoms with van der Waals surface area (Å²) in [6, 6.07) is 8.35. The highest BCUT2D eigenvalue weighted by Crippen LogP contribution is 2.40. The smallest absolute Gasteiger partial charge is 0.124 e. The molecule has 2 rings (SSSR count). The lowest BCUT2D eigenvalue weighted by Gasteiger charge is -2.35. The van der Waals surface area contributed by atoms with E-state index in [-0.39, 0.29) is 11.6 Å². The molecule has 2 unspecified atom stereocenters. The lowest BCUT2D eigenvalue weighted by molar-refractivity contribution is -0.0129. The summed E-state index contributed by atoms with van der Waals surface area (Å²) in [6.45, 7) is 7.21. The molecule has 1 fully saturated rings. The molecule has 0 aromatic heterocycles. The van der Waals surface area contributed by atoms with Crippen LogP contribution in [0.25, 0.3) is 0 Å². The van der Waals surface area contributed by atoms with Gasteiger partial charge in [-0.3, -0.25) is 0 Å². The summed E-state index contributed by atoms with van der Waals surface area (Å²) in [5, 5.41) is 3.58. The highest BCUT2D eigenvalue weighted by atomic mass is 16.5. The molecule has 21 heavy (non-hydrogen) atoms. The van der Waals surface area contributed by atoms with Gasteiger partial charge in [-0.15, -0.1) is 0 Å². The van der Waals surface area contributed by atoms with Crippen LogP contribution in [0.2, 0.25) is 0 Å². The SMILES string of the molecule is CCNC(c1ccccc1OCCOC)C1(C)CCCO1. The van der Waals surface area contributed by atoms with Gasteiger partial charge in [0, 0.05) is 19.3 Å². The summed E-state index contributed by atoms with van der Waals surface area (Å²) in [6.07, 6.45) is 2.18. The van der Waals surface area contributed by atoms with Crippen molar-refractivity contribution in [2.75, 3.05) is 33.5 Å². The molecule has 0 radical (unpaired) electrons. The molecule has 1 aliphatic rings. The minimum Gasteiger partial charge on any atom is -0.491 e. The molecule has 0 aliphatic carbocycles. The van der Waals surface area contributed by atoms with Crippen molar-refractivity contribution in [3.8, 4) is 5.75 Å². The van der Waals surface area contributed by atoms with Crippen molar-refractivity contribution in [2.45, 2.75) is 38.3 Å². The first-order valence-electron chi connectivity index (χ1n) is 7.79. The Morgan fingerprint density at radius 2 is 2.14 bits per heavy atom. The third-order valence-corrected chi connectivity index (χ3v) is 4.04. The Balaban J connectivity index is 2.23. The van der Waals surface area contributed by atoms with Gasteiger partial charge in [-0.1, -0.05) is 25.1 Å². The first kappa shape index (κ1) is 16.3. The van der Waals surface area contributed by atoms with Gasteiger partial charge in [-0.2, -0.15) is 0 Å². The van der Waals surface area contributed by atoms with E-state index in [0.29, 0.717) is 13.2 Å². The Morgan fingerprint density at radius 1 is 1.33 bits per heavy atom. The first-order chi connectivity index (χ1) is 10.2. The standard InChI is InChI=1S/C17H27NO3/c1-4-18-16(17(2)10-7-11-21-17)14-8-5-6-9-15(14)20-13-12-19-3/h5-6,8-9,16,18H,4,7,10-13H2,1-3H3. The van der Waals surface area contributed by atoms with Gasteiger partial charge in [0.05, 0.1) is 18.2 Å². The summed E-state index contributed by atoms with van der Waals surface area (Å²) < 4.78 is 17.0. The minimum absolute atomic E-state index is 0.142. The lowest BCUT2D eigenvalue weighted by atomic mass is 9.87. The number of rotatable bonds is 8. The maximum Gasteiger partial charge on any atom is 0.124 e. The lowest BCUT2D eigenvalue weighted by Crippen LogP contribution is -2.41. The molecule has 118 valence electrons. The molecule has 1 N–H and O–H groups in total. The molecule has 1 aromatic carbocycles. The van der Waals surface area contributed by atoms with Crippen LogP contribution in [-0.4, -0.2) is 39.1 Å². The Morgan fingerprint density at radius 3 is 2.81 bits per heavy atom. The number of para-hydroxylation sites is 1. The highest BCUT2D eigenvalue weighted by molar-refractivity contribution is 5.37. The first-order valence-corrected chi connectivity index (χ1v) is 7.79. The number of nitrogens with one attached hydrogen (secondary N) is 1. The molecule has 0 amide bonds. The van der Waals surface area contributed by atoms with Gasteiger partial charge in [-0.05, 0) is 32.4 Å². The van der Waals surface area contributed by atoms with Crippen LogP contribution in [0.1, 0.15) is 38.3 Å². The molecular formula is C17H27NO3. The van der Waals surface area contributed by atoms with Gasteiger partial charge in [0.25, 0.3) is 0 Å². The van der Waals surface area contributed by atoms with Crippen LogP contribution in [0.3, 0.4) is 0 Å². The van der Waals surface area contributed by atoms with Crippen molar-refractivity contribution in [1.82, 2.24) is 5.32 Å². The van der Waals surface area contributed by atoms with Crippen LogP contribution >= 0.6 is 0 Å². The second-order valence-corrected chi connectivity index (χ2v) is 5.63. The van der Waals surface area contributed by atoms with Crippen LogP contribution in [0, 0.1) is 0 Å². The fraction of sp³-hybridized carbons (Fsp3) is 0.647. The van der Waals surface area contributed by atoms with E-state index >= 15 is 0 Å². The van der Waals surface area contributed by atoms with Crippen molar-refractivity contribution in [2.24, 2.45) is 0 Å². The molecule has 1 aliphatic heterocycles. The molecule has 0 bridgehead atoms. The van der Waals surface area contributed by atoms with E-state index in [0.717, 1.165) is 31.7 Å². The zero-order valence-electron chi connectivity index (χ0n) is 13.4. The van der Waals surface area contributed by atoms with Crippen LogP contribution < -0.4 is 10.1 Å². The van der Waals surface area contributed by atoms with Crippen molar-refractivity contribution < 1.29 is 14.2 Å². The number of hydrogen-bond acceptors (Lipinski definition) is 4. The van der Waals surface area contributed by atoms with E-state index in [4.69, 9.17) is 14.2 Å². The second-order valence-electron chi connectivity index (χ2n) is 5.63. The largest absolute Gasteiger partial charge is 0.491 e. The van der Waals surface area contributed by atoms with Gasteiger partial charge in [0.1, 0.15) is 12.4 Å². The third kappa shape index (κ3) is 3.96. The molecule has 0 spiro atoms. The number of methoxy groups -OCH3 is 1. The molecule has 4 nitrogen and oxygen atoms in total. The van der Waals surface area contributed by atoms with Gasteiger partial charge in [-0.25, -0.2) is 0 Å². The minimum atomic E-state index is -0.170. The van der Waals surface area contributed by atoms with Crippen molar-refractivity contribution in [3.05, 3.63) is 29.8 Å². The van der Waals surface area contributed by atoms with Gasteiger partial charge in [0.2, 0.25) is 0 Å². The quantitative estimate of drug-likeness (QED) is 0.748. The summed E-state index contributed by atoms with van der Waals surface area (Å²) in [7, 11) is 1.68. The summed E-state index contributed by atoms with van der Waals surface area (Å²) in [5.41, 5.74) is 0.997. The summed E-state index contributed by atoms with van der Waals surface area (Å²) in [4.78, 5) is 0. The van der Waals surface area contributed by atoms with Crippen LogP contribution in [0.5, 0.6) is 5.75 Å². The van der Waals surface area contributed by atoms with Gasteiger partial charge >= 0.3 is 0 Å². The average Bonchev–Trinajstić information content (AvgIpc) is 2.93. The molecule has 0 saturated carbocycles. The predicted octanol–water partition coefficient (Wildman–Crippen LogP) is 2.93. The average molecular weight is 293 g/mol. The van der Waals surface area contributed by atoms with Crippen molar-refractivity contribution >= 4 is 0 Å². The third-order valence-electron chi connectivity index (χ3n) is 4.04. The van der Waals surface area contributed by atoms with Crippen molar-refractivity contribution in [3.63, 3.8) is 0 Å². The normalized spacial score (nSPS) is 23.2. The van der Waals surface area contributed by atoms with E-state index < -0.39 is 0 Å². The van der Waals surface area contributed by atoms with Crippen LogP contribution in [0.4, 0.5) is 0 Å². The number of likely N-dealkylation sites (N-methyl/N-ethyl adjacent to an activating group) is 1. The fourth-order valence-corrected chi connectivity index (χ4v) is 2.97. The zero-order valence-corrected chi connectivity index (χ0v) is 13.4. The molecular weight excluding hydrogens is 266 g/mol. The highest BCUT2D eigenvalue weighted by Gasteiger charge is 2.40. The van der Waals surface area contributed by atoms with E-state index in [2.05, 4.69) is 31.3 Å². The number of hydrogen-bond donors (Lipinski definition) is 1. The Bertz CT molecular complexity index is 430. The van der Waals surface area contributed by atoms with E-state index in [9.17, 15) is 0 Å². The van der Waals surface area contributed by atoms with Crippen LogP contribution in [0.15, 0.2) is 24.3 Å². The Kier molecular flexibility index (Phi) is 6.03. The van der Waals surface area contributed by atoms with E-state index in [1.807, 2.05) is 12.1 Å². The molecule has 4 heteroatoms. The zero-order chi connectivity index (χ0) is 15.1. The number of ether oxygens (including phenoxy) is 3. The topological polar surface area (TPSA) is 39.7 Å². The molecule has 1 aromatic rings. The number of benzene rings is 1. The summed E-state index contributed by atoms with van der Waals surface area (Å²) >= 11 is 0. The monoisotopic (exact) mass is 293 g/mol. The van der Waals surface area contributed by atoms with Gasteiger partial charge < -0.3 is 19.5 Å². The maximum atomic E-state index is 6.05. The van der Waals surface area contributed by atoms with E-state index in [1.54, 1.807) is 7.11 Å². The van der Waals surface area contributed by atoms with E-state index in [1.165, 1.54) is 5.56 Å². The van der Waals surface area contributed by atoms with Crippen LogP contribution in [-0.2, 0) is 9.47 Å². The second kappa shape index (κ2) is 7.78. The molecule has 1 heterocycles. The molecule has 1 saturated heterocycles. The maximum absolute atomic E-state index is 6.05. The Labute approximate surface area is 127 Å². The summed E-state index contributed by atoms with van der Waals surface area (Å²) in [5.74, 6) is 0.914. The van der Waals surface area contributed by atoms with Gasteiger partial charge in [0.15, 0.2) is 0 Å². The molecule has 2 atom stereocenters.